The van der Waals surface area contributed by atoms with Crippen LogP contribution in [0.5, 0.6) is 5.75 Å². The molecule has 0 fully saturated rings. The lowest BCUT2D eigenvalue weighted by molar-refractivity contribution is 0.0981. The Hall–Kier alpha value is -2.13. The maximum absolute atomic E-state index is 12.1. The van der Waals surface area contributed by atoms with Gasteiger partial charge in [0, 0.05) is 6.42 Å². The molecule has 0 radical (unpaired) electrons. The van der Waals surface area contributed by atoms with E-state index in [0.29, 0.717) is 18.4 Å². The van der Waals surface area contributed by atoms with E-state index in [4.69, 9.17) is 5.11 Å². The van der Waals surface area contributed by atoms with Crippen molar-refractivity contribution in [3.05, 3.63) is 64.8 Å². The maximum Gasteiger partial charge on any atom is 0.166 e. The Kier molecular flexibility index (Phi) is 10.3. The number of aromatic hydroxyl groups is 1. The molecule has 142 valence electrons. The molecule has 3 nitrogen and oxygen atoms in total. The highest BCUT2D eigenvalue weighted by Crippen LogP contribution is 2.19. The van der Waals surface area contributed by atoms with Crippen LogP contribution in [0.2, 0.25) is 0 Å². The number of phenolic OH excluding ortho intramolecular Hbond substituents is 1. The molecule has 0 aromatic heterocycles. The summed E-state index contributed by atoms with van der Waals surface area (Å²) in [6, 6.07) is 6.70. The summed E-state index contributed by atoms with van der Waals surface area (Å²) in [7, 11) is 0. The van der Waals surface area contributed by atoms with Crippen LogP contribution in [-0.2, 0) is 0 Å². The second kappa shape index (κ2) is 12.3. The summed E-state index contributed by atoms with van der Waals surface area (Å²) in [6.07, 6.45) is 11.6. The van der Waals surface area contributed by atoms with Gasteiger partial charge in [0.05, 0.1) is 12.2 Å². The molecule has 2 N–H and O–H groups in total. The number of benzene rings is 1. The minimum absolute atomic E-state index is 0.0193. The normalized spacial score (nSPS) is 13.2. The molecule has 0 amide bonds. The summed E-state index contributed by atoms with van der Waals surface area (Å²) in [5.74, 6) is 0.0389. The average molecular weight is 357 g/mol. The first-order valence-corrected chi connectivity index (χ1v) is 9.33. The van der Waals surface area contributed by atoms with Crippen LogP contribution in [0.25, 0.3) is 0 Å². The number of aliphatic hydroxyl groups excluding tert-OH is 1. The molecule has 1 aromatic rings. The third-order valence-corrected chi connectivity index (χ3v) is 4.38. The lowest BCUT2D eigenvalue weighted by atomic mass is 10.0. The number of para-hydroxylation sites is 1. The van der Waals surface area contributed by atoms with E-state index in [2.05, 4.69) is 32.1 Å². The number of rotatable bonds is 11. The number of ketones is 1. The van der Waals surface area contributed by atoms with Crippen LogP contribution in [0.3, 0.4) is 0 Å². The van der Waals surface area contributed by atoms with Crippen molar-refractivity contribution in [2.24, 2.45) is 0 Å². The van der Waals surface area contributed by atoms with E-state index in [0.717, 1.165) is 31.3 Å². The quantitative estimate of drug-likeness (QED) is 0.392. The van der Waals surface area contributed by atoms with Gasteiger partial charge in [0.1, 0.15) is 5.75 Å². The fourth-order valence-corrected chi connectivity index (χ4v) is 2.65. The van der Waals surface area contributed by atoms with E-state index in [1.165, 1.54) is 11.1 Å². The zero-order chi connectivity index (χ0) is 19.4. The van der Waals surface area contributed by atoms with Crippen LogP contribution in [-0.4, -0.2) is 22.6 Å². The maximum atomic E-state index is 12.1. The summed E-state index contributed by atoms with van der Waals surface area (Å²) in [5, 5.41) is 18.7. The van der Waals surface area contributed by atoms with Gasteiger partial charge >= 0.3 is 0 Å². The summed E-state index contributed by atoms with van der Waals surface area (Å²) >= 11 is 0. The van der Waals surface area contributed by atoms with Gasteiger partial charge in [-0.15, -0.1) is 0 Å². The molecule has 0 heterocycles. The van der Waals surface area contributed by atoms with Crippen molar-refractivity contribution in [2.45, 2.75) is 59.3 Å². The molecule has 0 bridgehead atoms. The SMILES string of the molecule is CC(=CCCC(C)=CCCC(C)=CCCC(=O)c1ccccc1O)CO. The number of allylic oxidation sites excluding steroid dienone is 5. The van der Waals surface area contributed by atoms with Crippen LogP contribution in [0, 0.1) is 0 Å². The summed E-state index contributed by atoms with van der Waals surface area (Å²) in [4.78, 5) is 12.1. The second-order valence-electron chi connectivity index (χ2n) is 6.87. The number of hydrogen-bond donors (Lipinski definition) is 2. The summed E-state index contributed by atoms with van der Waals surface area (Å²) in [5.41, 5.74) is 4.09. The third-order valence-electron chi connectivity index (χ3n) is 4.38. The van der Waals surface area contributed by atoms with Gasteiger partial charge in [-0.05, 0) is 65.0 Å². The Labute approximate surface area is 157 Å². The Morgan fingerprint density at radius 3 is 1.88 bits per heavy atom. The van der Waals surface area contributed by atoms with Gasteiger partial charge in [-0.25, -0.2) is 0 Å². The first kappa shape index (κ1) is 21.9. The van der Waals surface area contributed by atoms with Crippen LogP contribution in [0.1, 0.15) is 69.7 Å². The predicted octanol–water partition coefficient (Wildman–Crippen LogP) is 5.75. The van der Waals surface area contributed by atoms with Crippen LogP contribution in [0.15, 0.2) is 59.2 Å². The number of hydrogen-bond acceptors (Lipinski definition) is 3. The minimum atomic E-state index is -0.0193. The largest absolute Gasteiger partial charge is 0.507 e. The number of carbonyl (C=O) groups is 1. The molecule has 0 aliphatic carbocycles. The van der Waals surface area contributed by atoms with Crippen LogP contribution < -0.4 is 0 Å². The fourth-order valence-electron chi connectivity index (χ4n) is 2.65. The van der Waals surface area contributed by atoms with E-state index in [-0.39, 0.29) is 18.1 Å². The van der Waals surface area contributed by atoms with E-state index >= 15 is 0 Å². The van der Waals surface area contributed by atoms with Crippen LogP contribution >= 0.6 is 0 Å². The van der Waals surface area contributed by atoms with Gasteiger partial charge in [-0.3, -0.25) is 4.79 Å². The van der Waals surface area contributed by atoms with E-state index in [9.17, 15) is 9.90 Å². The molecule has 0 aliphatic rings. The Bertz CT molecular complexity index is 666. The smallest absolute Gasteiger partial charge is 0.166 e. The van der Waals surface area contributed by atoms with Crippen molar-refractivity contribution >= 4 is 5.78 Å². The van der Waals surface area contributed by atoms with Crippen LogP contribution in [0.4, 0.5) is 0 Å². The summed E-state index contributed by atoms with van der Waals surface area (Å²) < 4.78 is 0. The number of phenols is 1. The number of aliphatic hydroxyl groups is 1. The third kappa shape index (κ3) is 8.82. The first-order valence-electron chi connectivity index (χ1n) is 9.33. The number of carbonyl (C=O) groups excluding carboxylic acids is 1. The van der Waals surface area contributed by atoms with Crippen molar-refractivity contribution < 1.29 is 15.0 Å². The van der Waals surface area contributed by atoms with E-state index in [1.807, 2.05) is 6.92 Å². The van der Waals surface area contributed by atoms with Gasteiger partial charge in [0.15, 0.2) is 5.78 Å². The molecule has 0 unspecified atom stereocenters. The zero-order valence-corrected chi connectivity index (χ0v) is 16.3. The molecular weight excluding hydrogens is 324 g/mol. The molecule has 26 heavy (non-hydrogen) atoms. The van der Waals surface area contributed by atoms with Crippen molar-refractivity contribution in [1.29, 1.82) is 0 Å². The Balaban J connectivity index is 2.32. The molecule has 1 aromatic carbocycles. The highest BCUT2D eigenvalue weighted by Gasteiger charge is 2.08. The highest BCUT2D eigenvalue weighted by atomic mass is 16.3. The molecule has 3 heteroatoms. The highest BCUT2D eigenvalue weighted by molar-refractivity contribution is 5.98. The average Bonchev–Trinajstić information content (AvgIpc) is 2.61. The molecule has 0 saturated heterocycles. The lowest BCUT2D eigenvalue weighted by Crippen LogP contribution is -1.98. The summed E-state index contributed by atoms with van der Waals surface area (Å²) in [6.45, 7) is 6.32. The predicted molar refractivity (Wildman–Crippen MR) is 108 cm³/mol. The van der Waals surface area contributed by atoms with Gasteiger partial charge in [-0.2, -0.15) is 0 Å². The fraction of sp³-hybridized carbons (Fsp3) is 0.435. The van der Waals surface area contributed by atoms with Crippen molar-refractivity contribution in [3.63, 3.8) is 0 Å². The molecule has 0 saturated carbocycles. The second-order valence-corrected chi connectivity index (χ2v) is 6.87. The van der Waals surface area contributed by atoms with Gasteiger partial charge in [0.2, 0.25) is 0 Å². The van der Waals surface area contributed by atoms with E-state index in [1.54, 1.807) is 24.3 Å². The van der Waals surface area contributed by atoms with Crippen molar-refractivity contribution in [2.75, 3.05) is 6.61 Å². The first-order chi connectivity index (χ1) is 12.4. The van der Waals surface area contributed by atoms with E-state index < -0.39 is 0 Å². The molecule has 1 rings (SSSR count). The van der Waals surface area contributed by atoms with Gasteiger partial charge < -0.3 is 10.2 Å². The molecule has 0 atom stereocenters. The van der Waals surface area contributed by atoms with Gasteiger partial charge in [0.25, 0.3) is 0 Å². The minimum Gasteiger partial charge on any atom is -0.507 e. The Morgan fingerprint density at radius 1 is 0.846 bits per heavy atom. The molecular formula is C23H32O3. The van der Waals surface area contributed by atoms with Gasteiger partial charge in [-0.1, -0.05) is 47.1 Å². The monoisotopic (exact) mass is 356 g/mol. The zero-order valence-electron chi connectivity index (χ0n) is 16.3. The van der Waals surface area contributed by atoms with Crippen molar-refractivity contribution in [3.8, 4) is 5.75 Å². The number of Topliss-reactive ketones (excluding diaryl/α,β-unsaturated/α-hetero) is 1. The lowest BCUT2D eigenvalue weighted by Gasteiger charge is -2.03. The standard InChI is InChI=1S/C23H32O3/c1-18(11-7-13-20(3)17-24)9-6-10-19(2)12-8-16-23(26)21-14-4-5-15-22(21)25/h4-5,9,12-15,24-25H,6-8,10-11,16-17H2,1-3H3. The Morgan fingerprint density at radius 2 is 1.35 bits per heavy atom. The van der Waals surface area contributed by atoms with Crippen molar-refractivity contribution in [1.82, 2.24) is 0 Å². The molecule has 0 aliphatic heterocycles. The topological polar surface area (TPSA) is 57.5 Å². The molecule has 0 spiro atoms.